The van der Waals surface area contributed by atoms with E-state index in [1.54, 1.807) is 18.4 Å². The van der Waals surface area contributed by atoms with E-state index in [0.29, 0.717) is 6.54 Å². The summed E-state index contributed by atoms with van der Waals surface area (Å²) >= 11 is 0. The highest BCUT2D eigenvalue weighted by Crippen LogP contribution is 2.20. The molecule has 98 valence electrons. The third kappa shape index (κ3) is 2.67. The predicted molar refractivity (Wildman–Crippen MR) is 66.0 cm³/mol. The Morgan fingerprint density at radius 2 is 2.12 bits per heavy atom. The Morgan fingerprint density at radius 3 is 2.53 bits per heavy atom. The van der Waals surface area contributed by atoms with E-state index in [0.717, 1.165) is 0 Å². The molecule has 0 spiro atoms. The molecule has 0 saturated heterocycles. The molecular weight excluding hydrogens is 240 g/mol. The van der Waals surface area contributed by atoms with Crippen molar-refractivity contribution < 1.29 is 8.42 Å². The van der Waals surface area contributed by atoms with Crippen LogP contribution in [-0.2, 0) is 16.6 Å². The van der Waals surface area contributed by atoms with E-state index >= 15 is 0 Å². The maximum absolute atomic E-state index is 12.3. The van der Waals surface area contributed by atoms with Gasteiger partial charge in [-0.25, -0.2) is 13.4 Å². The Labute approximate surface area is 102 Å². The first-order valence-corrected chi connectivity index (χ1v) is 6.90. The molecule has 0 bridgehead atoms. The molecule has 0 atom stereocenters. The van der Waals surface area contributed by atoms with Gasteiger partial charge in [-0.05, 0) is 20.8 Å². The molecule has 1 aromatic rings. The molecule has 0 saturated carbocycles. The molecule has 2 N–H and O–H groups in total. The van der Waals surface area contributed by atoms with Crippen molar-refractivity contribution >= 4 is 10.0 Å². The zero-order valence-corrected chi connectivity index (χ0v) is 11.5. The first kappa shape index (κ1) is 14.1. The number of nitrogens with two attached hydrogens (primary N) is 1. The minimum atomic E-state index is -3.58. The zero-order chi connectivity index (χ0) is 13.3. The molecule has 1 aromatic heterocycles. The molecule has 0 fully saturated rings. The maximum atomic E-state index is 12.3. The Balaban J connectivity index is 3.11. The SMILES string of the molecule is CCn1cnc(S(=O)(=O)N(C)C(C)(C)CN)c1. The normalized spacial score (nSPS) is 13.3. The molecule has 0 unspecified atom stereocenters. The number of hydrogen-bond donors (Lipinski definition) is 1. The van der Waals surface area contributed by atoms with Gasteiger partial charge in [-0.2, -0.15) is 4.31 Å². The van der Waals surface area contributed by atoms with Crippen LogP contribution < -0.4 is 5.73 Å². The highest BCUT2D eigenvalue weighted by atomic mass is 32.2. The molecule has 0 aliphatic heterocycles. The second kappa shape index (κ2) is 4.75. The lowest BCUT2D eigenvalue weighted by atomic mass is 10.1. The summed E-state index contributed by atoms with van der Waals surface area (Å²) in [5, 5.41) is 0.0587. The first-order chi connectivity index (χ1) is 7.75. The molecule has 0 radical (unpaired) electrons. The Morgan fingerprint density at radius 1 is 1.53 bits per heavy atom. The summed E-state index contributed by atoms with van der Waals surface area (Å²) < 4.78 is 27.5. The number of nitrogens with zero attached hydrogens (tertiary/aromatic N) is 3. The summed E-state index contributed by atoms with van der Waals surface area (Å²) in [5.74, 6) is 0. The van der Waals surface area contributed by atoms with Gasteiger partial charge in [0, 0.05) is 31.9 Å². The number of hydrogen-bond acceptors (Lipinski definition) is 4. The first-order valence-electron chi connectivity index (χ1n) is 5.46. The van der Waals surface area contributed by atoms with Crippen LogP contribution in [0.4, 0.5) is 0 Å². The van der Waals surface area contributed by atoms with Gasteiger partial charge in [0.1, 0.15) is 0 Å². The molecule has 7 heteroatoms. The van der Waals surface area contributed by atoms with Crippen LogP contribution in [-0.4, -0.2) is 41.4 Å². The van der Waals surface area contributed by atoms with Crippen molar-refractivity contribution in [2.45, 2.75) is 37.9 Å². The highest BCUT2D eigenvalue weighted by Gasteiger charge is 2.34. The van der Waals surface area contributed by atoms with Gasteiger partial charge in [0.25, 0.3) is 10.0 Å². The van der Waals surface area contributed by atoms with Gasteiger partial charge in [0.2, 0.25) is 0 Å². The van der Waals surface area contributed by atoms with E-state index in [2.05, 4.69) is 4.98 Å². The lowest BCUT2D eigenvalue weighted by molar-refractivity contribution is 0.273. The molecule has 0 aliphatic carbocycles. The average Bonchev–Trinajstić information content (AvgIpc) is 2.77. The largest absolute Gasteiger partial charge is 0.336 e. The lowest BCUT2D eigenvalue weighted by Crippen LogP contribution is -2.49. The molecule has 0 aliphatic rings. The van der Waals surface area contributed by atoms with Crippen LogP contribution in [0, 0.1) is 0 Å². The number of imidazole rings is 1. The minimum Gasteiger partial charge on any atom is -0.336 e. The van der Waals surface area contributed by atoms with Gasteiger partial charge in [0.15, 0.2) is 5.03 Å². The van der Waals surface area contributed by atoms with E-state index in [-0.39, 0.29) is 11.6 Å². The van der Waals surface area contributed by atoms with E-state index in [1.165, 1.54) is 23.9 Å². The van der Waals surface area contributed by atoms with E-state index < -0.39 is 15.6 Å². The van der Waals surface area contributed by atoms with Gasteiger partial charge in [-0.3, -0.25) is 0 Å². The van der Waals surface area contributed by atoms with E-state index in [4.69, 9.17) is 5.73 Å². The standard InChI is InChI=1S/C10H20N4O2S/c1-5-14-6-9(12-8-14)17(15,16)13(4)10(2,3)7-11/h6,8H,5,7,11H2,1-4H3. The van der Waals surface area contributed by atoms with Gasteiger partial charge in [-0.15, -0.1) is 0 Å². The molecule has 0 aromatic carbocycles. The topological polar surface area (TPSA) is 81.2 Å². The number of likely N-dealkylation sites (N-methyl/N-ethyl adjacent to an activating group) is 1. The van der Waals surface area contributed by atoms with Crippen LogP contribution in [0.25, 0.3) is 0 Å². The average molecular weight is 260 g/mol. The van der Waals surface area contributed by atoms with Gasteiger partial charge in [0.05, 0.1) is 6.33 Å². The second-order valence-corrected chi connectivity index (χ2v) is 6.45. The monoisotopic (exact) mass is 260 g/mol. The fourth-order valence-electron chi connectivity index (χ4n) is 1.24. The molecule has 17 heavy (non-hydrogen) atoms. The number of rotatable bonds is 5. The fourth-order valence-corrected chi connectivity index (χ4v) is 2.69. The highest BCUT2D eigenvalue weighted by molar-refractivity contribution is 7.89. The van der Waals surface area contributed by atoms with Crippen molar-refractivity contribution in [3.8, 4) is 0 Å². The van der Waals surface area contributed by atoms with Crippen molar-refractivity contribution in [2.24, 2.45) is 5.73 Å². The number of sulfonamides is 1. The van der Waals surface area contributed by atoms with Crippen molar-refractivity contribution in [3.05, 3.63) is 12.5 Å². The molecule has 6 nitrogen and oxygen atoms in total. The Hall–Kier alpha value is -0.920. The van der Waals surface area contributed by atoms with E-state index in [9.17, 15) is 8.42 Å². The summed E-state index contributed by atoms with van der Waals surface area (Å²) in [6.45, 7) is 6.41. The van der Waals surface area contributed by atoms with Crippen molar-refractivity contribution in [1.82, 2.24) is 13.9 Å². The smallest absolute Gasteiger partial charge is 0.262 e. The molecular formula is C10H20N4O2S. The molecule has 1 rings (SSSR count). The summed E-state index contributed by atoms with van der Waals surface area (Å²) in [5.41, 5.74) is 4.95. The van der Waals surface area contributed by atoms with Crippen molar-refractivity contribution in [1.29, 1.82) is 0 Å². The van der Waals surface area contributed by atoms with Crippen LogP contribution in [0.2, 0.25) is 0 Å². The van der Waals surface area contributed by atoms with Crippen LogP contribution >= 0.6 is 0 Å². The van der Waals surface area contributed by atoms with Crippen LogP contribution in [0.1, 0.15) is 20.8 Å². The summed E-state index contributed by atoms with van der Waals surface area (Å²) in [7, 11) is -2.06. The van der Waals surface area contributed by atoms with Gasteiger partial charge >= 0.3 is 0 Å². The van der Waals surface area contributed by atoms with Crippen LogP contribution in [0.5, 0.6) is 0 Å². The molecule has 0 amide bonds. The Kier molecular flexibility index (Phi) is 3.95. The summed E-state index contributed by atoms with van der Waals surface area (Å²) in [4.78, 5) is 3.92. The quantitative estimate of drug-likeness (QED) is 0.823. The Bertz CT molecular complexity index is 478. The minimum absolute atomic E-state index is 0.0587. The van der Waals surface area contributed by atoms with Crippen molar-refractivity contribution in [3.63, 3.8) is 0 Å². The van der Waals surface area contributed by atoms with Gasteiger partial charge < -0.3 is 10.3 Å². The second-order valence-electron chi connectivity index (χ2n) is 4.53. The third-order valence-corrected chi connectivity index (χ3v) is 4.91. The lowest BCUT2D eigenvalue weighted by Gasteiger charge is -2.32. The fraction of sp³-hybridized carbons (Fsp3) is 0.700. The number of aromatic nitrogens is 2. The third-order valence-electron chi connectivity index (χ3n) is 2.95. The maximum Gasteiger partial charge on any atom is 0.262 e. The van der Waals surface area contributed by atoms with Crippen LogP contribution in [0.3, 0.4) is 0 Å². The molecule has 1 heterocycles. The summed E-state index contributed by atoms with van der Waals surface area (Å²) in [6, 6.07) is 0. The van der Waals surface area contributed by atoms with Gasteiger partial charge in [-0.1, -0.05) is 0 Å². The van der Waals surface area contributed by atoms with E-state index in [1.807, 2.05) is 6.92 Å². The zero-order valence-electron chi connectivity index (χ0n) is 10.7. The summed E-state index contributed by atoms with van der Waals surface area (Å²) in [6.07, 6.45) is 3.04. The number of aryl methyl sites for hydroxylation is 1. The van der Waals surface area contributed by atoms with Crippen molar-refractivity contribution in [2.75, 3.05) is 13.6 Å². The predicted octanol–water partition coefficient (Wildman–Crippen LogP) is 0.261. The van der Waals surface area contributed by atoms with Crippen LogP contribution in [0.15, 0.2) is 17.6 Å².